The first-order valence-electron chi connectivity index (χ1n) is 13.2. The standard InChI is InChI=1S/C36H25BN2/c37-27-19-21-29(22-20-27)38(34-17-9-7-15-31(34)26-11-3-1-4-12-26)30-23-24-36-33(25-30)32-16-8-10-18-35(32)39(36)28-13-5-2-6-14-28/h1-25H. The summed E-state index contributed by atoms with van der Waals surface area (Å²) in [7, 11) is 6.10. The van der Waals surface area contributed by atoms with Crippen molar-refractivity contribution < 1.29 is 0 Å². The SMILES string of the molecule is [B]c1ccc(N(c2ccc3c(c2)c2ccccc2n3-c2ccccc2)c2ccccc2-c2ccccc2)cc1. The maximum absolute atomic E-state index is 6.10. The molecule has 0 aliphatic rings. The van der Waals surface area contributed by atoms with Gasteiger partial charge in [0.2, 0.25) is 0 Å². The molecule has 182 valence electrons. The molecule has 0 atom stereocenters. The molecule has 39 heavy (non-hydrogen) atoms. The van der Waals surface area contributed by atoms with Gasteiger partial charge in [-0.3, -0.25) is 0 Å². The molecule has 7 rings (SSSR count). The Bertz CT molecular complexity index is 1910. The zero-order valence-electron chi connectivity index (χ0n) is 21.4. The summed E-state index contributed by atoms with van der Waals surface area (Å²) in [4.78, 5) is 2.33. The summed E-state index contributed by atoms with van der Waals surface area (Å²) in [5.74, 6) is 0. The van der Waals surface area contributed by atoms with Crippen LogP contribution in [0.25, 0.3) is 38.6 Å². The van der Waals surface area contributed by atoms with Crippen LogP contribution in [-0.2, 0) is 0 Å². The maximum atomic E-state index is 6.10. The molecule has 0 fully saturated rings. The lowest BCUT2D eigenvalue weighted by molar-refractivity contribution is 1.18. The Labute approximate surface area is 229 Å². The van der Waals surface area contributed by atoms with E-state index in [0.717, 1.165) is 28.2 Å². The number of rotatable bonds is 5. The lowest BCUT2D eigenvalue weighted by atomic mass is 9.95. The van der Waals surface area contributed by atoms with Crippen LogP contribution in [0.1, 0.15) is 0 Å². The summed E-state index contributed by atoms with van der Waals surface area (Å²) in [6.45, 7) is 0. The normalized spacial score (nSPS) is 11.2. The molecule has 1 aromatic heterocycles. The van der Waals surface area contributed by atoms with Crippen LogP contribution in [-0.4, -0.2) is 12.4 Å². The summed E-state index contributed by atoms with van der Waals surface area (Å²) < 4.78 is 2.35. The van der Waals surface area contributed by atoms with E-state index in [1.807, 2.05) is 12.1 Å². The van der Waals surface area contributed by atoms with Crippen molar-refractivity contribution in [3.05, 3.63) is 152 Å². The Hall–Kier alpha value is -5.02. The van der Waals surface area contributed by atoms with Gasteiger partial charge >= 0.3 is 0 Å². The molecule has 0 bridgehead atoms. The molecule has 0 spiro atoms. The summed E-state index contributed by atoms with van der Waals surface area (Å²) in [6, 6.07) is 53.2. The number of para-hydroxylation sites is 3. The molecule has 6 aromatic carbocycles. The van der Waals surface area contributed by atoms with E-state index in [1.54, 1.807) is 0 Å². The fourth-order valence-electron chi connectivity index (χ4n) is 5.54. The van der Waals surface area contributed by atoms with Crippen molar-refractivity contribution >= 4 is 52.2 Å². The number of fused-ring (bicyclic) bond motifs is 3. The van der Waals surface area contributed by atoms with Crippen LogP contribution in [0, 0.1) is 0 Å². The molecule has 2 radical (unpaired) electrons. The molecule has 0 unspecified atom stereocenters. The number of hydrogen-bond acceptors (Lipinski definition) is 1. The first-order chi connectivity index (χ1) is 19.3. The van der Waals surface area contributed by atoms with Crippen LogP contribution in [0.5, 0.6) is 0 Å². The number of anilines is 3. The minimum atomic E-state index is 0.747. The Kier molecular flexibility index (Phi) is 5.75. The van der Waals surface area contributed by atoms with Gasteiger partial charge in [-0.2, -0.15) is 0 Å². The Morgan fingerprint density at radius 3 is 1.90 bits per heavy atom. The molecular weight excluding hydrogens is 471 g/mol. The largest absolute Gasteiger partial charge is 0.310 e. The van der Waals surface area contributed by atoms with E-state index >= 15 is 0 Å². The fourth-order valence-corrected chi connectivity index (χ4v) is 5.54. The Balaban J connectivity index is 1.49. The van der Waals surface area contributed by atoms with E-state index in [4.69, 9.17) is 7.85 Å². The second kappa shape index (κ2) is 9.70. The molecule has 3 heteroatoms. The third-order valence-electron chi connectivity index (χ3n) is 7.31. The second-order valence-electron chi connectivity index (χ2n) is 9.70. The van der Waals surface area contributed by atoms with Gasteiger partial charge in [-0.25, -0.2) is 0 Å². The summed E-state index contributed by atoms with van der Waals surface area (Å²) in [5.41, 5.74) is 9.87. The average Bonchev–Trinajstić information content (AvgIpc) is 3.33. The zero-order chi connectivity index (χ0) is 26.2. The fraction of sp³-hybridized carbons (Fsp3) is 0. The van der Waals surface area contributed by atoms with E-state index in [-0.39, 0.29) is 0 Å². The molecule has 0 aliphatic carbocycles. The highest BCUT2D eigenvalue weighted by atomic mass is 15.1. The predicted molar refractivity (Wildman–Crippen MR) is 166 cm³/mol. The molecule has 2 nitrogen and oxygen atoms in total. The molecule has 0 amide bonds. The van der Waals surface area contributed by atoms with Crippen molar-refractivity contribution in [1.29, 1.82) is 0 Å². The van der Waals surface area contributed by atoms with Crippen LogP contribution in [0.4, 0.5) is 17.1 Å². The van der Waals surface area contributed by atoms with E-state index in [9.17, 15) is 0 Å². The molecule has 0 saturated heterocycles. The van der Waals surface area contributed by atoms with Crippen LogP contribution in [0.2, 0.25) is 0 Å². The van der Waals surface area contributed by atoms with Crippen LogP contribution < -0.4 is 10.4 Å². The average molecular weight is 496 g/mol. The van der Waals surface area contributed by atoms with Crippen LogP contribution in [0.3, 0.4) is 0 Å². The van der Waals surface area contributed by atoms with Crippen molar-refractivity contribution in [2.45, 2.75) is 0 Å². The Morgan fingerprint density at radius 2 is 1.10 bits per heavy atom. The molecule has 0 aliphatic heterocycles. The highest BCUT2D eigenvalue weighted by Gasteiger charge is 2.19. The molecule has 0 saturated carbocycles. The highest BCUT2D eigenvalue weighted by molar-refractivity contribution is 6.32. The van der Waals surface area contributed by atoms with E-state index in [1.165, 1.54) is 32.9 Å². The number of hydrogen-bond donors (Lipinski definition) is 0. The summed E-state index contributed by atoms with van der Waals surface area (Å²) in [5, 5.41) is 2.44. The van der Waals surface area contributed by atoms with Crippen LogP contribution >= 0.6 is 0 Å². The van der Waals surface area contributed by atoms with Gasteiger partial charge in [0.1, 0.15) is 7.85 Å². The number of aromatic nitrogens is 1. The highest BCUT2D eigenvalue weighted by Crippen LogP contribution is 2.42. The lowest BCUT2D eigenvalue weighted by Crippen LogP contribution is -2.12. The van der Waals surface area contributed by atoms with Gasteiger partial charge in [0.15, 0.2) is 0 Å². The van der Waals surface area contributed by atoms with Crippen molar-refractivity contribution in [3.63, 3.8) is 0 Å². The van der Waals surface area contributed by atoms with Gasteiger partial charge in [0, 0.05) is 33.4 Å². The molecule has 7 aromatic rings. The maximum Gasteiger partial charge on any atom is 0.113 e. The van der Waals surface area contributed by atoms with Gasteiger partial charge in [0.05, 0.1) is 16.7 Å². The van der Waals surface area contributed by atoms with Gasteiger partial charge in [0.25, 0.3) is 0 Å². The quantitative estimate of drug-likeness (QED) is 0.216. The first-order valence-corrected chi connectivity index (χ1v) is 13.2. The number of benzene rings is 6. The molecule has 0 N–H and O–H groups in total. The first kappa shape index (κ1) is 23.1. The van der Waals surface area contributed by atoms with Crippen molar-refractivity contribution in [2.24, 2.45) is 0 Å². The van der Waals surface area contributed by atoms with Crippen molar-refractivity contribution in [2.75, 3.05) is 4.90 Å². The summed E-state index contributed by atoms with van der Waals surface area (Å²) >= 11 is 0. The zero-order valence-corrected chi connectivity index (χ0v) is 21.4. The lowest BCUT2D eigenvalue weighted by Gasteiger charge is -2.28. The van der Waals surface area contributed by atoms with Gasteiger partial charge in [-0.05, 0) is 60.2 Å². The number of nitrogens with zero attached hydrogens (tertiary/aromatic N) is 2. The van der Waals surface area contributed by atoms with E-state index in [0.29, 0.717) is 0 Å². The predicted octanol–water partition coefficient (Wildman–Crippen LogP) is 8.71. The minimum absolute atomic E-state index is 0.747. The smallest absolute Gasteiger partial charge is 0.113 e. The third-order valence-corrected chi connectivity index (χ3v) is 7.31. The third kappa shape index (κ3) is 4.09. The topological polar surface area (TPSA) is 8.17 Å². The van der Waals surface area contributed by atoms with Crippen LogP contribution in [0.15, 0.2) is 152 Å². The summed E-state index contributed by atoms with van der Waals surface area (Å²) in [6.07, 6.45) is 0. The minimum Gasteiger partial charge on any atom is -0.310 e. The van der Waals surface area contributed by atoms with E-state index < -0.39 is 0 Å². The van der Waals surface area contributed by atoms with Gasteiger partial charge in [-0.15, -0.1) is 0 Å². The second-order valence-corrected chi connectivity index (χ2v) is 9.70. The van der Waals surface area contributed by atoms with Crippen molar-refractivity contribution in [1.82, 2.24) is 4.57 Å². The van der Waals surface area contributed by atoms with Crippen molar-refractivity contribution in [3.8, 4) is 16.8 Å². The Morgan fingerprint density at radius 1 is 0.487 bits per heavy atom. The van der Waals surface area contributed by atoms with Gasteiger partial charge in [-0.1, -0.05) is 103 Å². The molecule has 1 heterocycles. The van der Waals surface area contributed by atoms with E-state index in [2.05, 4.69) is 149 Å². The molecular formula is C36H25BN2. The monoisotopic (exact) mass is 496 g/mol. The van der Waals surface area contributed by atoms with Gasteiger partial charge < -0.3 is 9.47 Å².